The maximum Gasteiger partial charge on any atom is 0.340 e. The van der Waals surface area contributed by atoms with E-state index < -0.39 is 29.7 Å². The number of methoxy groups -OCH3 is 1. The van der Waals surface area contributed by atoms with Gasteiger partial charge in [0, 0.05) is 19.3 Å². The predicted octanol–water partition coefficient (Wildman–Crippen LogP) is 1.80. The van der Waals surface area contributed by atoms with Gasteiger partial charge in [-0.3, -0.25) is 4.79 Å². The van der Waals surface area contributed by atoms with E-state index in [1.165, 1.54) is 31.0 Å². The fourth-order valence-electron chi connectivity index (χ4n) is 1.66. The summed E-state index contributed by atoms with van der Waals surface area (Å²) in [5, 5.41) is 11.2. The Balaban J connectivity index is 2.74. The van der Waals surface area contributed by atoms with Crippen LogP contribution in [0.3, 0.4) is 0 Å². The Kier molecular flexibility index (Phi) is 5.85. The van der Waals surface area contributed by atoms with Gasteiger partial charge in [0.05, 0.1) is 18.6 Å². The quantitative estimate of drug-likeness (QED) is 0.808. The van der Waals surface area contributed by atoms with Crippen molar-refractivity contribution in [1.29, 1.82) is 0 Å². The summed E-state index contributed by atoms with van der Waals surface area (Å²) in [5.41, 5.74) is -0.0988. The molecule has 0 fully saturated rings. The Bertz CT molecular complexity index is 591. The molecule has 0 radical (unpaired) electrons. The maximum absolute atomic E-state index is 13.7. The van der Waals surface area contributed by atoms with Gasteiger partial charge in [-0.15, -0.1) is 0 Å². The lowest BCUT2D eigenvalue weighted by Crippen LogP contribution is -2.36. The summed E-state index contributed by atoms with van der Waals surface area (Å²) >= 11 is 0. The molecule has 2 amide bonds. The average molecular weight is 312 g/mol. The van der Waals surface area contributed by atoms with E-state index in [1.54, 1.807) is 0 Å². The smallest absolute Gasteiger partial charge is 0.340 e. The number of hydrogen-bond acceptors (Lipinski definition) is 4. The first-order valence-electron chi connectivity index (χ1n) is 6.39. The Labute approximate surface area is 126 Å². The summed E-state index contributed by atoms with van der Waals surface area (Å²) in [4.78, 5) is 35.0. The highest BCUT2D eigenvalue weighted by atomic mass is 19.1. The number of nitrogens with zero attached hydrogens (tertiary/aromatic N) is 1. The number of rotatable bonds is 5. The molecule has 1 atom stereocenters. The topological polar surface area (TPSA) is 95.9 Å². The molecule has 0 aliphatic rings. The van der Waals surface area contributed by atoms with Crippen molar-refractivity contribution in [3.8, 4) is 0 Å². The van der Waals surface area contributed by atoms with Crippen LogP contribution in [0.15, 0.2) is 18.2 Å². The molecule has 0 heterocycles. The number of ether oxygens (including phenoxy) is 1. The van der Waals surface area contributed by atoms with Crippen molar-refractivity contribution in [3.63, 3.8) is 0 Å². The van der Waals surface area contributed by atoms with Crippen LogP contribution in [0.25, 0.3) is 0 Å². The van der Waals surface area contributed by atoms with Crippen molar-refractivity contribution in [2.24, 2.45) is 5.92 Å². The lowest BCUT2D eigenvalue weighted by Gasteiger charge is -2.20. The highest BCUT2D eigenvalue weighted by molar-refractivity contribution is 5.92. The molecule has 1 aromatic rings. The van der Waals surface area contributed by atoms with Crippen molar-refractivity contribution < 1.29 is 28.6 Å². The molecule has 0 saturated heterocycles. The molecule has 22 heavy (non-hydrogen) atoms. The van der Waals surface area contributed by atoms with E-state index in [0.29, 0.717) is 0 Å². The van der Waals surface area contributed by atoms with Crippen LogP contribution in [-0.2, 0) is 9.53 Å². The number of urea groups is 1. The summed E-state index contributed by atoms with van der Waals surface area (Å²) in [6, 6.07) is 2.94. The van der Waals surface area contributed by atoms with Gasteiger partial charge in [-0.1, -0.05) is 6.92 Å². The van der Waals surface area contributed by atoms with Crippen LogP contribution >= 0.6 is 0 Å². The van der Waals surface area contributed by atoms with E-state index in [1.807, 2.05) is 0 Å². The van der Waals surface area contributed by atoms with Gasteiger partial charge >= 0.3 is 18.0 Å². The van der Waals surface area contributed by atoms with Crippen molar-refractivity contribution in [2.75, 3.05) is 26.0 Å². The molecule has 0 aliphatic carbocycles. The fraction of sp³-hybridized carbons (Fsp3) is 0.357. The summed E-state index contributed by atoms with van der Waals surface area (Å²) in [7, 11) is 2.56. The van der Waals surface area contributed by atoms with Gasteiger partial charge < -0.3 is 20.1 Å². The second-order valence-corrected chi connectivity index (χ2v) is 4.74. The summed E-state index contributed by atoms with van der Waals surface area (Å²) in [6.07, 6.45) is 0. The monoisotopic (exact) mass is 312 g/mol. The zero-order valence-corrected chi connectivity index (χ0v) is 12.4. The molecule has 0 spiro atoms. The second-order valence-electron chi connectivity index (χ2n) is 4.74. The molecular weight excluding hydrogens is 295 g/mol. The van der Waals surface area contributed by atoms with E-state index >= 15 is 0 Å². The third-order valence-electron chi connectivity index (χ3n) is 2.94. The maximum atomic E-state index is 13.7. The van der Waals surface area contributed by atoms with Gasteiger partial charge in [0.15, 0.2) is 0 Å². The molecule has 0 bridgehead atoms. The number of halogens is 1. The molecule has 2 N–H and O–H groups in total. The lowest BCUT2D eigenvalue weighted by molar-refractivity contribution is -0.141. The van der Waals surface area contributed by atoms with Gasteiger partial charge in [0.25, 0.3) is 0 Å². The van der Waals surface area contributed by atoms with Crippen molar-refractivity contribution >= 4 is 23.7 Å². The fourth-order valence-corrected chi connectivity index (χ4v) is 1.66. The molecule has 1 aromatic carbocycles. The van der Waals surface area contributed by atoms with Crippen LogP contribution in [0, 0.1) is 11.7 Å². The van der Waals surface area contributed by atoms with Crippen LogP contribution in [-0.4, -0.2) is 48.7 Å². The van der Waals surface area contributed by atoms with Crippen LogP contribution in [0.1, 0.15) is 17.3 Å². The predicted molar refractivity (Wildman–Crippen MR) is 76.2 cm³/mol. The largest absolute Gasteiger partial charge is 0.481 e. The molecular formula is C14H17FN2O5. The number of carboxylic acids is 1. The Hall–Kier alpha value is -2.64. The van der Waals surface area contributed by atoms with Crippen LogP contribution in [0.4, 0.5) is 14.9 Å². The molecule has 1 unspecified atom stereocenters. The molecule has 7 nitrogen and oxygen atoms in total. The van der Waals surface area contributed by atoms with Gasteiger partial charge in [-0.2, -0.15) is 0 Å². The number of amides is 2. The number of carbonyl (C=O) groups is 3. The third kappa shape index (κ3) is 4.44. The molecule has 0 aromatic heterocycles. The van der Waals surface area contributed by atoms with E-state index in [0.717, 1.165) is 13.2 Å². The number of esters is 1. The summed E-state index contributed by atoms with van der Waals surface area (Å²) < 4.78 is 18.1. The van der Waals surface area contributed by atoms with E-state index in [9.17, 15) is 18.8 Å². The normalized spacial score (nSPS) is 11.5. The van der Waals surface area contributed by atoms with Gasteiger partial charge in [0.2, 0.25) is 0 Å². The number of benzene rings is 1. The SMILES string of the molecule is COC(=O)c1ccc(NC(=O)N(C)CC(C)C(=O)O)cc1F. The minimum atomic E-state index is -1.02. The van der Waals surface area contributed by atoms with E-state index in [-0.39, 0.29) is 17.8 Å². The average Bonchev–Trinajstić information content (AvgIpc) is 2.46. The zero-order valence-electron chi connectivity index (χ0n) is 12.4. The van der Waals surface area contributed by atoms with Crippen LogP contribution in [0.5, 0.6) is 0 Å². The molecule has 120 valence electrons. The number of carboxylic acid groups (broad SMARTS) is 1. The first kappa shape index (κ1) is 17.4. The molecule has 8 heteroatoms. The van der Waals surface area contributed by atoms with Crippen LogP contribution < -0.4 is 5.32 Å². The van der Waals surface area contributed by atoms with Gasteiger partial charge in [0.1, 0.15) is 5.82 Å². The molecule has 1 rings (SSSR count). The standard InChI is InChI=1S/C14H17FN2O5/c1-8(12(18)19)7-17(2)14(21)16-9-4-5-10(11(15)6-9)13(20)22-3/h4-6,8H,7H2,1-3H3,(H,16,21)(H,18,19). The minimum Gasteiger partial charge on any atom is -0.481 e. The number of hydrogen-bond donors (Lipinski definition) is 2. The molecule has 0 aliphatic heterocycles. The third-order valence-corrected chi connectivity index (χ3v) is 2.94. The minimum absolute atomic E-state index is 0.00386. The summed E-state index contributed by atoms with van der Waals surface area (Å²) in [6.45, 7) is 1.47. The van der Waals surface area contributed by atoms with Crippen molar-refractivity contribution in [1.82, 2.24) is 4.90 Å². The Morgan fingerprint density at radius 1 is 1.41 bits per heavy atom. The number of anilines is 1. The number of aliphatic carboxylic acids is 1. The van der Waals surface area contributed by atoms with Crippen LogP contribution in [0.2, 0.25) is 0 Å². The highest BCUT2D eigenvalue weighted by Crippen LogP contribution is 2.16. The number of nitrogens with one attached hydrogen (secondary N) is 1. The lowest BCUT2D eigenvalue weighted by atomic mass is 10.2. The highest BCUT2D eigenvalue weighted by Gasteiger charge is 2.18. The Morgan fingerprint density at radius 3 is 2.55 bits per heavy atom. The number of carbonyl (C=O) groups excluding carboxylic acids is 2. The van der Waals surface area contributed by atoms with Gasteiger partial charge in [-0.05, 0) is 18.2 Å². The van der Waals surface area contributed by atoms with E-state index in [4.69, 9.17) is 5.11 Å². The first-order chi connectivity index (χ1) is 10.3. The van der Waals surface area contributed by atoms with Crippen molar-refractivity contribution in [2.45, 2.75) is 6.92 Å². The second kappa shape index (κ2) is 7.39. The van der Waals surface area contributed by atoms with E-state index in [2.05, 4.69) is 10.1 Å². The first-order valence-corrected chi connectivity index (χ1v) is 6.39. The Morgan fingerprint density at radius 2 is 2.05 bits per heavy atom. The van der Waals surface area contributed by atoms with Crippen molar-refractivity contribution in [3.05, 3.63) is 29.6 Å². The summed E-state index contributed by atoms with van der Waals surface area (Å²) in [5.74, 6) is -3.39. The molecule has 0 saturated carbocycles. The van der Waals surface area contributed by atoms with Gasteiger partial charge in [-0.25, -0.2) is 14.0 Å². The zero-order chi connectivity index (χ0) is 16.9.